The largest absolute Gasteiger partial charge is 0.343 e. The lowest BCUT2D eigenvalue weighted by Crippen LogP contribution is -2.31. The van der Waals surface area contributed by atoms with E-state index in [0.29, 0.717) is 12.1 Å². The van der Waals surface area contributed by atoms with Crippen LogP contribution in [0.5, 0.6) is 0 Å². The van der Waals surface area contributed by atoms with Crippen molar-refractivity contribution < 1.29 is 18.0 Å². The minimum atomic E-state index is -1.61. The molecule has 0 spiro atoms. The van der Waals surface area contributed by atoms with E-state index in [2.05, 4.69) is 15.4 Å². The summed E-state index contributed by atoms with van der Waals surface area (Å²) in [5, 5.41) is 6.66. The van der Waals surface area contributed by atoms with Crippen molar-refractivity contribution in [2.75, 3.05) is 0 Å². The summed E-state index contributed by atoms with van der Waals surface area (Å²) in [4.78, 5) is 16.2. The molecule has 0 saturated carbocycles. The third-order valence-corrected chi connectivity index (χ3v) is 3.59. The molecule has 1 amide bonds. The van der Waals surface area contributed by atoms with Gasteiger partial charge in [-0.15, -0.1) is 0 Å². The number of benzene rings is 2. The van der Waals surface area contributed by atoms with Crippen molar-refractivity contribution in [3.63, 3.8) is 0 Å². The van der Waals surface area contributed by atoms with Gasteiger partial charge in [0.25, 0.3) is 5.91 Å². The maximum atomic E-state index is 13.3. The molecule has 0 fully saturated rings. The van der Waals surface area contributed by atoms with Crippen LogP contribution in [0.3, 0.4) is 0 Å². The van der Waals surface area contributed by atoms with Crippen molar-refractivity contribution in [2.24, 2.45) is 0 Å². The fourth-order valence-corrected chi connectivity index (χ4v) is 2.36. The summed E-state index contributed by atoms with van der Waals surface area (Å²) < 4.78 is 41.3. The number of rotatable bonds is 5. The zero-order valence-corrected chi connectivity index (χ0v) is 12.9. The molecule has 0 radical (unpaired) electrons. The number of carbonyl (C=O) groups excluding carboxylic acids is 1. The summed E-state index contributed by atoms with van der Waals surface area (Å²) in [5.41, 5.74) is 0.463. The highest BCUT2D eigenvalue weighted by Crippen LogP contribution is 2.18. The smallest absolute Gasteiger partial charge is 0.252 e. The Morgan fingerprint density at radius 3 is 2.40 bits per heavy atom. The molecule has 1 heterocycles. The quantitative estimate of drug-likeness (QED) is 0.723. The van der Waals surface area contributed by atoms with E-state index < -0.39 is 29.4 Å². The zero-order valence-electron chi connectivity index (χ0n) is 12.9. The van der Waals surface area contributed by atoms with Crippen LogP contribution < -0.4 is 5.32 Å². The van der Waals surface area contributed by atoms with Gasteiger partial charge in [-0.05, 0) is 17.7 Å². The van der Waals surface area contributed by atoms with Gasteiger partial charge in [0.1, 0.15) is 12.7 Å². The molecule has 0 saturated heterocycles. The van der Waals surface area contributed by atoms with Gasteiger partial charge in [0.05, 0.1) is 12.6 Å². The third kappa shape index (κ3) is 3.85. The van der Waals surface area contributed by atoms with Crippen LogP contribution in [0.1, 0.15) is 22.0 Å². The van der Waals surface area contributed by atoms with Crippen LogP contribution in [0.25, 0.3) is 0 Å². The first-order chi connectivity index (χ1) is 12.0. The summed E-state index contributed by atoms with van der Waals surface area (Å²) >= 11 is 0. The van der Waals surface area contributed by atoms with Gasteiger partial charge in [-0.2, -0.15) is 5.10 Å². The normalized spacial score (nSPS) is 12.0. The number of aromatic nitrogens is 3. The second kappa shape index (κ2) is 7.16. The molecular weight excluding hydrogens is 333 g/mol. The number of hydrogen-bond donors (Lipinski definition) is 1. The fraction of sp³-hybridized carbons (Fsp3) is 0.118. The number of nitrogens with one attached hydrogen (secondary N) is 1. The molecule has 128 valence electrons. The molecule has 5 nitrogen and oxygen atoms in total. The van der Waals surface area contributed by atoms with E-state index in [-0.39, 0.29) is 12.1 Å². The van der Waals surface area contributed by atoms with Crippen LogP contribution in [0, 0.1) is 17.5 Å². The molecule has 1 N–H and O–H groups in total. The Morgan fingerprint density at radius 1 is 1.12 bits per heavy atom. The Morgan fingerprint density at radius 2 is 1.80 bits per heavy atom. The molecule has 8 heteroatoms. The van der Waals surface area contributed by atoms with E-state index >= 15 is 0 Å². The minimum absolute atomic E-state index is 0.266. The molecule has 1 atom stereocenters. The third-order valence-electron chi connectivity index (χ3n) is 3.59. The van der Waals surface area contributed by atoms with Crippen molar-refractivity contribution in [1.82, 2.24) is 20.1 Å². The van der Waals surface area contributed by atoms with Crippen molar-refractivity contribution in [1.29, 1.82) is 0 Å². The average molecular weight is 346 g/mol. The molecule has 0 aliphatic heterocycles. The lowest BCUT2D eigenvalue weighted by Gasteiger charge is -2.19. The molecule has 2 aromatic carbocycles. The Balaban J connectivity index is 1.86. The maximum absolute atomic E-state index is 13.3. The average Bonchev–Trinajstić information content (AvgIpc) is 3.12. The van der Waals surface area contributed by atoms with E-state index in [1.54, 1.807) is 24.3 Å². The van der Waals surface area contributed by atoms with Crippen LogP contribution >= 0.6 is 0 Å². The van der Waals surface area contributed by atoms with Crippen LogP contribution in [-0.2, 0) is 6.54 Å². The molecule has 0 aliphatic rings. The highest BCUT2D eigenvalue weighted by Gasteiger charge is 2.19. The monoisotopic (exact) mass is 346 g/mol. The van der Waals surface area contributed by atoms with Crippen LogP contribution in [0.15, 0.2) is 55.1 Å². The van der Waals surface area contributed by atoms with Gasteiger partial charge >= 0.3 is 0 Å². The molecule has 0 bridgehead atoms. The van der Waals surface area contributed by atoms with Gasteiger partial charge < -0.3 is 5.32 Å². The molecule has 25 heavy (non-hydrogen) atoms. The number of hydrogen-bond acceptors (Lipinski definition) is 3. The summed E-state index contributed by atoms with van der Waals surface area (Å²) in [6.07, 6.45) is 2.84. The van der Waals surface area contributed by atoms with Gasteiger partial charge in [0.2, 0.25) is 0 Å². The number of halogens is 3. The van der Waals surface area contributed by atoms with Crippen molar-refractivity contribution in [2.45, 2.75) is 12.6 Å². The molecular formula is C17H13F3N4O. The summed E-state index contributed by atoms with van der Waals surface area (Å²) in [6, 6.07) is 9.81. The lowest BCUT2D eigenvalue weighted by molar-refractivity contribution is 0.0930. The lowest BCUT2D eigenvalue weighted by atomic mass is 10.1. The summed E-state index contributed by atoms with van der Waals surface area (Å²) in [7, 11) is 0. The minimum Gasteiger partial charge on any atom is -0.343 e. The predicted molar refractivity (Wildman–Crippen MR) is 83.0 cm³/mol. The van der Waals surface area contributed by atoms with Gasteiger partial charge in [0.15, 0.2) is 17.5 Å². The van der Waals surface area contributed by atoms with E-state index in [1.165, 1.54) is 17.3 Å². The Hall–Kier alpha value is -3.16. The standard InChI is InChI=1S/C17H13F3N4O/c18-13-6-12(7-14(19)16(13)20)17(25)23-15(8-24-10-21-9-22-24)11-4-2-1-3-5-11/h1-7,9-10,15H,8H2,(H,23,25). The van der Waals surface area contributed by atoms with Gasteiger partial charge in [-0.3, -0.25) is 9.48 Å². The van der Waals surface area contributed by atoms with Gasteiger partial charge in [-0.25, -0.2) is 18.2 Å². The first-order valence-electron chi connectivity index (χ1n) is 7.37. The fourth-order valence-electron chi connectivity index (χ4n) is 2.36. The highest BCUT2D eigenvalue weighted by atomic mass is 19.2. The maximum Gasteiger partial charge on any atom is 0.252 e. The second-order valence-corrected chi connectivity index (χ2v) is 5.31. The molecule has 3 aromatic rings. The molecule has 0 aliphatic carbocycles. The van der Waals surface area contributed by atoms with Gasteiger partial charge in [0, 0.05) is 5.56 Å². The van der Waals surface area contributed by atoms with Crippen molar-refractivity contribution >= 4 is 5.91 Å². The van der Waals surface area contributed by atoms with Crippen LogP contribution in [-0.4, -0.2) is 20.7 Å². The van der Waals surface area contributed by atoms with Crippen LogP contribution in [0.2, 0.25) is 0 Å². The van der Waals surface area contributed by atoms with E-state index in [0.717, 1.165) is 5.56 Å². The Labute approximate surface area is 141 Å². The van der Waals surface area contributed by atoms with E-state index in [1.807, 2.05) is 6.07 Å². The van der Waals surface area contributed by atoms with Gasteiger partial charge in [-0.1, -0.05) is 30.3 Å². The summed E-state index contributed by atoms with van der Waals surface area (Å²) in [6.45, 7) is 0.266. The molecule has 3 rings (SSSR count). The van der Waals surface area contributed by atoms with Crippen LogP contribution in [0.4, 0.5) is 13.2 Å². The summed E-state index contributed by atoms with van der Waals surface area (Å²) in [5.74, 6) is -5.18. The number of nitrogens with zero attached hydrogens (tertiary/aromatic N) is 3. The molecule has 1 aromatic heterocycles. The number of amides is 1. The van der Waals surface area contributed by atoms with Crippen molar-refractivity contribution in [3.05, 3.63) is 83.7 Å². The van der Waals surface area contributed by atoms with E-state index in [9.17, 15) is 18.0 Å². The van der Waals surface area contributed by atoms with Crippen molar-refractivity contribution in [3.8, 4) is 0 Å². The highest BCUT2D eigenvalue weighted by molar-refractivity contribution is 5.94. The first-order valence-corrected chi connectivity index (χ1v) is 7.37. The first kappa shape index (κ1) is 16.7. The molecule has 1 unspecified atom stereocenters. The topological polar surface area (TPSA) is 59.8 Å². The number of carbonyl (C=O) groups is 1. The predicted octanol–water partition coefficient (Wildman–Crippen LogP) is 2.87. The Bertz CT molecular complexity index is 846. The second-order valence-electron chi connectivity index (χ2n) is 5.31. The van der Waals surface area contributed by atoms with E-state index in [4.69, 9.17) is 0 Å². The zero-order chi connectivity index (χ0) is 17.8. The Kier molecular flexibility index (Phi) is 4.78. The SMILES string of the molecule is O=C(NC(Cn1cncn1)c1ccccc1)c1cc(F)c(F)c(F)c1.